The summed E-state index contributed by atoms with van der Waals surface area (Å²) >= 11 is 0. The molecule has 178 valence electrons. The second-order valence-electron chi connectivity index (χ2n) is 8.80. The molecule has 36 heavy (non-hydrogen) atoms. The molecule has 1 aliphatic rings. The number of ether oxygens (including phenoxy) is 2. The quantitative estimate of drug-likeness (QED) is 0.338. The molecule has 1 atom stereocenters. The van der Waals surface area contributed by atoms with Crippen molar-refractivity contribution >= 4 is 11.6 Å². The first-order chi connectivity index (χ1) is 17.8. The molecule has 1 aliphatic heterocycles. The van der Waals surface area contributed by atoms with Gasteiger partial charge in [0.15, 0.2) is 11.5 Å². The highest BCUT2D eigenvalue weighted by Gasteiger charge is 2.26. The summed E-state index contributed by atoms with van der Waals surface area (Å²) in [6, 6.07) is 31.6. The van der Waals surface area contributed by atoms with Gasteiger partial charge in [0.1, 0.15) is 5.65 Å². The van der Waals surface area contributed by atoms with Crippen LogP contribution in [0.1, 0.15) is 40.8 Å². The van der Waals surface area contributed by atoms with Crippen LogP contribution < -0.4 is 14.8 Å². The van der Waals surface area contributed by atoms with E-state index in [1.54, 1.807) is 0 Å². The van der Waals surface area contributed by atoms with Gasteiger partial charge < -0.3 is 19.2 Å². The SMILES string of the molecule is O=C(CC(c1ccc2c(c1)OCO2)c1cnc2ccccn12)NC(c1ccccc1)c1ccccc1. The van der Waals surface area contributed by atoms with Crippen LogP contribution >= 0.6 is 0 Å². The highest BCUT2D eigenvalue weighted by Crippen LogP contribution is 2.38. The molecule has 5 aromatic rings. The third-order valence-corrected chi connectivity index (χ3v) is 6.56. The van der Waals surface area contributed by atoms with Crippen molar-refractivity contribution in [1.82, 2.24) is 14.7 Å². The largest absolute Gasteiger partial charge is 0.454 e. The van der Waals surface area contributed by atoms with Gasteiger partial charge in [-0.1, -0.05) is 72.8 Å². The van der Waals surface area contributed by atoms with E-state index in [1.165, 1.54) is 0 Å². The average molecular weight is 476 g/mol. The van der Waals surface area contributed by atoms with E-state index in [1.807, 2.05) is 114 Å². The van der Waals surface area contributed by atoms with Crippen molar-refractivity contribution in [3.05, 3.63) is 132 Å². The van der Waals surface area contributed by atoms with Gasteiger partial charge in [0.2, 0.25) is 12.7 Å². The summed E-state index contributed by atoms with van der Waals surface area (Å²) in [6.45, 7) is 0.204. The summed E-state index contributed by atoms with van der Waals surface area (Å²) in [5, 5.41) is 3.29. The van der Waals surface area contributed by atoms with Crippen LogP contribution in [0.15, 0.2) is 109 Å². The van der Waals surface area contributed by atoms with Gasteiger partial charge in [0.05, 0.1) is 11.7 Å². The highest BCUT2D eigenvalue weighted by molar-refractivity contribution is 5.78. The fraction of sp³-hybridized carbons (Fsp3) is 0.133. The van der Waals surface area contributed by atoms with Crippen molar-refractivity contribution in [2.45, 2.75) is 18.4 Å². The van der Waals surface area contributed by atoms with Crippen LogP contribution in [0.5, 0.6) is 11.5 Å². The molecular weight excluding hydrogens is 450 g/mol. The fourth-order valence-electron chi connectivity index (χ4n) is 4.79. The molecule has 0 fully saturated rings. The number of amides is 1. The second-order valence-corrected chi connectivity index (χ2v) is 8.80. The van der Waals surface area contributed by atoms with E-state index >= 15 is 0 Å². The monoisotopic (exact) mass is 475 g/mol. The molecule has 0 saturated carbocycles. The Morgan fingerprint density at radius 3 is 2.28 bits per heavy atom. The third-order valence-electron chi connectivity index (χ3n) is 6.56. The number of carbonyl (C=O) groups is 1. The summed E-state index contributed by atoms with van der Waals surface area (Å²) < 4.78 is 13.2. The molecule has 6 nitrogen and oxygen atoms in total. The molecule has 3 aromatic carbocycles. The van der Waals surface area contributed by atoms with E-state index in [2.05, 4.69) is 10.3 Å². The summed E-state index contributed by atoms with van der Waals surface area (Å²) in [5.74, 6) is 1.12. The number of hydrogen-bond donors (Lipinski definition) is 1. The summed E-state index contributed by atoms with van der Waals surface area (Å²) in [4.78, 5) is 18.2. The Kier molecular flexibility index (Phi) is 5.83. The number of aromatic nitrogens is 2. The van der Waals surface area contributed by atoms with Crippen molar-refractivity contribution in [1.29, 1.82) is 0 Å². The van der Waals surface area contributed by atoms with Crippen LogP contribution in [-0.4, -0.2) is 22.1 Å². The molecule has 1 amide bonds. The number of nitrogens with zero attached hydrogens (tertiary/aromatic N) is 2. The number of nitrogens with one attached hydrogen (secondary N) is 1. The molecule has 6 heteroatoms. The lowest BCUT2D eigenvalue weighted by Crippen LogP contribution is -2.30. The number of benzene rings is 3. The van der Waals surface area contributed by atoms with E-state index in [0.717, 1.165) is 28.0 Å². The van der Waals surface area contributed by atoms with Crippen LogP contribution in [0.25, 0.3) is 5.65 Å². The normalized spacial score (nSPS) is 13.1. The summed E-state index contributed by atoms with van der Waals surface area (Å²) in [7, 11) is 0. The number of carbonyl (C=O) groups excluding carboxylic acids is 1. The van der Waals surface area contributed by atoms with Gasteiger partial charge >= 0.3 is 0 Å². The number of imidazole rings is 1. The van der Waals surface area contributed by atoms with E-state index in [9.17, 15) is 4.79 Å². The molecule has 0 spiro atoms. The highest BCUT2D eigenvalue weighted by atomic mass is 16.7. The number of rotatable bonds is 7. The molecule has 0 saturated heterocycles. The molecular formula is C30H25N3O3. The predicted octanol–water partition coefficient (Wildman–Crippen LogP) is 5.49. The Balaban J connectivity index is 1.35. The Bertz CT molecular complexity index is 1460. The van der Waals surface area contributed by atoms with E-state index in [0.29, 0.717) is 11.5 Å². The maximum absolute atomic E-state index is 13.7. The number of hydrogen-bond acceptors (Lipinski definition) is 4. The minimum atomic E-state index is -0.250. The summed E-state index contributed by atoms with van der Waals surface area (Å²) in [6.07, 6.45) is 4.08. The zero-order valence-electron chi connectivity index (χ0n) is 19.6. The Morgan fingerprint density at radius 1 is 0.833 bits per heavy atom. The van der Waals surface area contributed by atoms with Crippen LogP contribution in [0.3, 0.4) is 0 Å². The second kappa shape index (κ2) is 9.58. The van der Waals surface area contributed by atoms with Gasteiger partial charge in [0.25, 0.3) is 0 Å². The first-order valence-corrected chi connectivity index (χ1v) is 12.0. The Hall–Kier alpha value is -4.58. The minimum Gasteiger partial charge on any atom is -0.454 e. The van der Waals surface area contributed by atoms with Gasteiger partial charge in [-0.2, -0.15) is 0 Å². The van der Waals surface area contributed by atoms with Crippen molar-refractivity contribution in [3.63, 3.8) is 0 Å². The zero-order chi connectivity index (χ0) is 24.3. The van der Waals surface area contributed by atoms with Crippen molar-refractivity contribution < 1.29 is 14.3 Å². The average Bonchev–Trinajstić information content (AvgIpc) is 3.58. The van der Waals surface area contributed by atoms with Crippen LogP contribution in [0.2, 0.25) is 0 Å². The molecule has 2 aromatic heterocycles. The number of fused-ring (bicyclic) bond motifs is 2. The van der Waals surface area contributed by atoms with Gasteiger partial charge in [-0.05, 0) is 41.0 Å². The Labute approximate surface area is 209 Å². The zero-order valence-corrected chi connectivity index (χ0v) is 19.6. The Morgan fingerprint density at radius 2 is 1.53 bits per heavy atom. The number of pyridine rings is 1. The third kappa shape index (κ3) is 4.29. The first-order valence-electron chi connectivity index (χ1n) is 12.0. The molecule has 3 heterocycles. The maximum atomic E-state index is 13.7. The molecule has 1 N–H and O–H groups in total. The van der Waals surface area contributed by atoms with Crippen LogP contribution in [-0.2, 0) is 4.79 Å². The molecule has 0 bridgehead atoms. The van der Waals surface area contributed by atoms with Crippen LogP contribution in [0.4, 0.5) is 0 Å². The summed E-state index contributed by atoms with van der Waals surface area (Å²) in [5.41, 5.74) is 4.81. The predicted molar refractivity (Wildman–Crippen MR) is 137 cm³/mol. The molecule has 1 unspecified atom stereocenters. The standard InChI is InChI=1S/C30H25N3O3/c34-29(32-30(21-9-3-1-4-10-21)22-11-5-2-6-12-22)18-24(23-14-15-26-27(17-23)36-20-35-26)25-19-31-28-13-7-8-16-33(25)28/h1-17,19,24,30H,18,20H2,(H,32,34). The van der Waals surface area contributed by atoms with E-state index in [-0.39, 0.29) is 31.1 Å². The molecule has 0 radical (unpaired) electrons. The van der Waals surface area contributed by atoms with Gasteiger partial charge in [-0.3, -0.25) is 4.79 Å². The van der Waals surface area contributed by atoms with E-state index in [4.69, 9.17) is 9.47 Å². The lowest BCUT2D eigenvalue weighted by molar-refractivity contribution is -0.121. The van der Waals surface area contributed by atoms with Gasteiger partial charge in [0, 0.05) is 24.7 Å². The van der Waals surface area contributed by atoms with Crippen molar-refractivity contribution in [2.75, 3.05) is 6.79 Å². The van der Waals surface area contributed by atoms with Crippen molar-refractivity contribution in [2.24, 2.45) is 0 Å². The molecule has 0 aliphatic carbocycles. The minimum absolute atomic E-state index is 0.0544. The van der Waals surface area contributed by atoms with Crippen LogP contribution in [0, 0.1) is 0 Å². The van der Waals surface area contributed by atoms with Crippen molar-refractivity contribution in [3.8, 4) is 11.5 Å². The lowest BCUT2D eigenvalue weighted by Gasteiger charge is -2.23. The lowest BCUT2D eigenvalue weighted by atomic mass is 9.91. The van der Waals surface area contributed by atoms with E-state index < -0.39 is 0 Å². The first kappa shape index (κ1) is 21.9. The molecule has 6 rings (SSSR count). The fourth-order valence-corrected chi connectivity index (χ4v) is 4.79. The maximum Gasteiger partial charge on any atom is 0.231 e. The topological polar surface area (TPSA) is 64.9 Å². The van der Waals surface area contributed by atoms with Gasteiger partial charge in [-0.25, -0.2) is 4.98 Å². The smallest absolute Gasteiger partial charge is 0.231 e. The van der Waals surface area contributed by atoms with Gasteiger partial charge in [-0.15, -0.1) is 0 Å².